The van der Waals surface area contributed by atoms with E-state index >= 15 is 0 Å². The third-order valence-corrected chi connectivity index (χ3v) is 4.17. The SMILES string of the molecule is CCC(C)c1ccc(NC(=S)Nc2cnn(CC)c2C(N)=O)cc1. The number of amides is 1. The zero-order chi connectivity index (χ0) is 17.7. The van der Waals surface area contributed by atoms with Gasteiger partial charge in [0.25, 0.3) is 5.91 Å². The van der Waals surface area contributed by atoms with Gasteiger partial charge in [-0.15, -0.1) is 0 Å². The fourth-order valence-corrected chi connectivity index (χ4v) is 2.62. The molecule has 0 radical (unpaired) electrons. The number of thiocarbonyl (C=S) groups is 1. The normalized spacial score (nSPS) is 11.8. The van der Waals surface area contributed by atoms with Gasteiger partial charge in [-0.05, 0) is 49.2 Å². The Labute approximate surface area is 147 Å². The highest BCUT2D eigenvalue weighted by Gasteiger charge is 2.16. The van der Waals surface area contributed by atoms with Gasteiger partial charge < -0.3 is 16.4 Å². The Kier molecular flexibility index (Phi) is 5.92. The van der Waals surface area contributed by atoms with Gasteiger partial charge in [0.05, 0.1) is 11.9 Å². The Hall–Kier alpha value is -2.41. The lowest BCUT2D eigenvalue weighted by molar-refractivity contribution is 0.0991. The highest BCUT2D eigenvalue weighted by atomic mass is 32.1. The summed E-state index contributed by atoms with van der Waals surface area (Å²) >= 11 is 5.31. The second kappa shape index (κ2) is 7.92. The number of nitrogens with zero attached hydrogens (tertiary/aromatic N) is 2. The average molecular weight is 345 g/mol. The number of aryl methyl sites for hydroxylation is 1. The molecular formula is C17H23N5OS. The van der Waals surface area contributed by atoms with Gasteiger partial charge in [0, 0.05) is 12.2 Å². The van der Waals surface area contributed by atoms with Crippen molar-refractivity contribution in [2.45, 2.75) is 39.7 Å². The van der Waals surface area contributed by atoms with Gasteiger partial charge in [-0.1, -0.05) is 26.0 Å². The summed E-state index contributed by atoms with van der Waals surface area (Å²) in [4.78, 5) is 11.6. The van der Waals surface area contributed by atoms with Crippen LogP contribution in [-0.4, -0.2) is 20.8 Å². The Morgan fingerprint density at radius 2 is 1.96 bits per heavy atom. The van der Waals surface area contributed by atoms with Crippen molar-refractivity contribution in [1.82, 2.24) is 9.78 Å². The zero-order valence-electron chi connectivity index (χ0n) is 14.2. The molecule has 0 saturated carbocycles. The fourth-order valence-electron chi connectivity index (χ4n) is 2.39. The van der Waals surface area contributed by atoms with Crippen LogP contribution in [0.25, 0.3) is 0 Å². The number of anilines is 2. The van der Waals surface area contributed by atoms with E-state index in [1.807, 2.05) is 19.1 Å². The van der Waals surface area contributed by atoms with Crippen LogP contribution in [0.1, 0.15) is 49.2 Å². The molecule has 0 saturated heterocycles. The van der Waals surface area contributed by atoms with E-state index < -0.39 is 5.91 Å². The summed E-state index contributed by atoms with van der Waals surface area (Å²) in [6.07, 6.45) is 2.65. The lowest BCUT2D eigenvalue weighted by Gasteiger charge is -2.13. The van der Waals surface area contributed by atoms with Crippen molar-refractivity contribution in [3.05, 3.63) is 41.7 Å². The van der Waals surface area contributed by atoms with Crippen LogP contribution in [0, 0.1) is 0 Å². The summed E-state index contributed by atoms with van der Waals surface area (Å²) in [6, 6.07) is 8.14. The lowest BCUT2D eigenvalue weighted by Crippen LogP contribution is -2.23. The number of benzene rings is 1. The van der Waals surface area contributed by atoms with Crippen LogP contribution >= 0.6 is 12.2 Å². The topological polar surface area (TPSA) is 85.0 Å². The maximum Gasteiger partial charge on any atom is 0.269 e. The van der Waals surface area contributed by atoms with E-state index in [0.29, 0.717) is 29.0 Å². The van der Waals surface area contributed by atoms with Crippen LogP contribution < -0.4 is 16.4 Å². The molecule has 0 bridgehead atoms. The number of nitrogens with one attached hydrogen (secondary N) is 2. The van der Waals surface area contributed by atoms with Crippen molar-refractivity contribution in [1.29, 1.82) is 0 Å². The predicted molar refractivity (Wildman–Crippen MR) is 101 cm³/mol. The first kappa shape index (κ1) is 17.9. The number of carbonyl (C=O) groups is 1. The molecule has 128 valence electrons. The van der Waals surface area contributed by atoms with Gasteiger partial charge in [-0.2, -0.15) is 5.10 Å². The molecule has 0 aliphatic heterocycles. The smallest absolute Gasteiger partial charge is 0.269 e. The quantitative estimate of drug-likeness (QED) is 0.699. The molecule has 2 aromatic rings. The molecule has 1 heterocycles. The predicted octanol–water partition coefficient (Wildman–Crippen LogP) is 3.32. The van der Waals surface area contributed by atoms with Gasteiger partial charge in [0.2, 0.25) is 0 Å². The summed E-state index contributed by atoms with van der Waals surface area (Å²) in [6.45, 7) is 6.81. The van der Waals surface area contributed by atoms with E-state index in [9.17, 15) is 4.79 Å². The molecule has 1 unspecified atom stereocenters. The minimum Gasteiger partial charge on any atom is -0.364 e. The first-order chi connectivity index (χ1) is 11.5. The van der Waals surface area contributed by atoms with E-state index in [1.165, 1.54) is 10.2 Å². The maximum absolute atomic E-state index is 11.6. The van der Waals surface area contributed by atoms with Crippen molar-refractivity contribution in [3.8, 4) is 0 Å². The molecule has 7 heteroatoms. The third kappa shape index (κ3) is 4.11. The number of primary amides is 1. The minimum atomic E-state index is -0.544. The van der Waals surface area contributed by atoms with Gasteiger partial charge >= 0.3 is 0 Å². The van der Waals surface area contributed by atoms with E-state index in [-0.39, 0.29) is 0 Å². The summed E-state index contributed by atoms with van der Waals surface area (Å²) in [5.74, 6) is -0.0142. The Morgan fingerprint density at radius 3 is 2.50 bits per heavy atom. The number of hydrogen-bond acceptors (Lipinski definition) is 3. The molecule has 24 heavy (non-hydrogen) atoms. The fraction of sp³-hybridized carbons (Fsp3) is 0.353. The molecule has 4 N–H and O–H groups in total. The van der Waals surface area contributed by atoms with E-state index in [1.54, 1.807) is 6.20 Å². The van der Waals surface area contributed by atoms with Gasteiger partial charge in [0.15, 0.2) is 5.11 Å². The van der Waals surface area contributed by atoms with Crippen molar-refractivity contribution >= 4 is 34.6 Å². The van der Waals surface area contributed by atoms with E-state index in [4.69, 9.17) is 18.0 Å². The Morgan fingerprint density at radius 1 is 1.29 bits per heavy atom. The second-order valence-electron chi connectivity index (χ2n) is 5.60. The molecular weight excluding hydrogens is 322 g/mol. The van der Waals surface area contributed by atoms with Crippen LogP contribution in [0.15, 0.2) is 30.5 Å². The molecule has 0 fully saturated rings. The Balaban J connectivity index is 2.06. The molecule has 1 aromatic heterocycles. The molecule has 0 aliphatic rings. The standard InChI is InChI=1S/C17H23N5OS/c1-4-11(3)12-6-8-13(9-7-12)20-17(24)21-14-10-19-22(5-2)15(14)16(18)23/h6-11H,4-5H2,1-3H3,(H2,18,23)(H2,20,21,24). The van der Waals surface area contributed by atoms with Crippen molar-refractivity contribution in [2.75, 3.05) is 10.6 Å². The first-order valence-electron chi connectivity index (χ1n) is 7.99. The molecule has 2 rings (SSSR count). The minimum absolute atomic E-state index is 0.314. The number of rotatable bonds is 6. The van der Waals surface area contributed by atoms with Crippen LogP contribution in [0.4, 0.5) is 11.4 Å². The average Bonchev–Trinajstić information content (AvgIpc) is 2.97. The van der Waals surface area contributed by atoms with Gasteiger partial charge in [-0.25, -0.2) is 0 Å². The Bertz CT molecular complexity index is 723. The zero-order valence-corrected chi connectivity index (χ0v) is 15.0. The van der Waals surface area contributed by atoms with Crippen LogP contribution in [-0.2, 0) is 6.54 Å². The third-order valence-electron chi connectivity index (χ3n) is 3.97. The number of nitrogens with two attached hydrogens (primary N) is 1. The van der Waals surface area contributed by atoms with Gasteiger partial charge in [0.1, 0.15) is 5.69 Å². The van der Waals surface area contributed by atoms with Crippen molar-refractivity contribution in [3.63, 3.8) is 0 Å². The number of hydrogen-bond donors (Lipinski definition) is 3. The van der Waals surface area contributed by atoms with Crippen molar-refractivity contribution < 1.29 is 4.79 Å². The molecule has 1 aromatic carbocycles. The lowest BCUT2D eigenvalue weighted by atomic mass is 9.99. The molecule has 1 atom stereocenters. The highest BCUT2D eigenvalue weighted by Crippen LogP contribution is 2.21. The van der Waals surface area contributed by atoms with Gasteiger partial charge in [-0.3, -0.25) is 9.48 Å². The number of aromatic nitrogens is 2. The monoisotopic (exact) mass is 345 g/mol. The van der Waals surface area contributed by atoms with Crippen LogP contribution in [0.3, 0.4) is 0 Å². The molecule has 0 spiro atoms. The van der Waals surface area contributed by atoms with E-state index in [0.717, 1.165) is 12.1 Å². The van der Waals surface area contributed by atoms with Crippen molar-refractivity contribution in [2.24, 2.45) is 5.73 Å². The molecule has 0 aliphatic carbocycles. The van der Waals surface area contributed by atoms with Crippen LogP contribution in [0.2, 0.25) is 0 Å². The summed E-state index contributed by atoms with van der Waals surface area (Å²) in [7, 11) is 0. The second-order valence-corrected chi connectivity index (χ2v) is 6.01. The summed E-state index contributed by atoms with van der Waals surface area (Å²) in [5, 5.41) is 10.6. The molecule has 1 amide bonds. The molecule has 6 nitrogen and oxygen atoms in total. The first-order valence-corrected chi connectivity index (χ1v) is 8.40. The summed E-state index contributed by atoms with van der Waals surface area (Å²) < 4.78 is 1.54. The summed E-state index contributed by atoms with van der Waals surface area (Å²) in [5.41, 5.74) is 8.40. The maximum atomic E-state index is 11.6. The largest absolute Gasteiger partial charge is 0.364 e. The van der Waals surface area contributed by atoms with Crippen LogP contribution in [0.5, 0.6) is 0 Å². The van der Waals surface area contributed by atoms with E-state index in [2.05, 4.69) is 41.7 Å². The highest BCUT2D eigenvalue weighted by molar-refractivity contribution is 7.80. The number of carbonyl (C=O) groups excluding carboxylic acids is 1.